The van der Waals surface area contributed by atoms with E-state index in [9.17, 15) is 9.59 Å². The molecule has 0 bridgehead atoms. The van der Waals surface area contributed by atoms with Crippen molar-refractivity contribution in [2.45, 2.75) is 33.1 Å². The zero-order valence-corrected chi connectivity index (χ0v) is 16.9. The Kier molecular flexibility index (Phi) is 4.70. The highest BCUT2D eigenvalue weighted by Crippen LogP contribution is 2.38. The van der Waals surface area contributed by atoms with Crippen LogP contribution < -0.4 is 10.1 Å². The van der Waals surface area contributed by atoms with E-state index in [1.807, 2.05) is 63.2 Å². The van der Waals surface area contributed by atoms with Gasteiger partial charge in [-0.05, 0) is 56.7 Å². The molecule has 0 radical (unpaired) electrons. The molecule has 148 valence electrons. The third-order valence-electron chi connectivity index (χ3n) is 5.39. The number of hydrogen-bond acceptors (Lipinski definition) is 4. The summed E-state index contributed by atoms with van der Waals surface area (Å²) in [7, 11) is 1.61. The van der Waals surface area contributed by atoms with Crippen molar-refractivity contribution >= 4 is 17.5 Å². The number of methoxy groups -OCH3 is 1. The molecule has 0 saturated carbocycles. The van der Waals surface area contributed by atoms with Gasteiger partial charge in [-0.15, -0.1) is 0 Å². The minimum atomic E-state index is -0.550. The van der Waals surface area contributed by atoms with E-state index < -0.39 is 5.92 Å². The molecule has 29 heavy (non-hydrogen) atoms. The molecule has 1 aromatic heterocycles. The Balaban J connectivity index is 1.81. The Bertz CT molecular complexity index is 1110. The number of fused-ring (bicyclic) bond motifs is 1. The summed E-state index contributed by atoms with van der Waals surface area (Å²) in [6.45, 7) is 5.76. The summed E-state index contributed by atoms with van der Waals surface area (Å²) >= 11 is 0. The van der Waals surface area contributed by atoms with E-state index in [1.165, 1.54) is 0 Å². The Labute approximate surface area is 169 Å². The van der Waals surface area contributed by atoms with Gasteiger partial charge in [0.05, 0.1) is 24.4 Å². The van der Waals surface area contributed by atoms with Gasteiger partial charge in [-0.25, -0.2) is 4.68 Å². The third kappa shape index (κ3) is 3.31. The molecule has 1 atom stereocenters. The van der Waals surface area contributed by atoms with Gasteiger partial charge in [0.2, 0.25) is 5.91 Å². The number of Topliss-reactive ketones (excluding diaryl/α,β-unsaturated/α-hetero) is 1. The minimum Gasteiger partial charge on any atom is -0.497 e. The van der Waals surface area contributed by atoms with Gasteiger partial charge in [-0.1, -0.05) is 17.7 Å². The number of carbonyl (C=O) groups excluding carboxylic acids is 2. The van der Waals surface area contributed by atoms with Crippen LogP contribution in [0.2, 0.25) is 0 Å². The molecule has 3 aromatic rings. The zero-order valence-electron chi connectivity index (χ0n) is 16.9. The molecule has 0 saturated heterocycles. The van der Waals surface area contributed by atoms with Crippen LogP contribution in [-0.2, 0) is 4.79 Å². The number of benzene rings is 2. The second kappa shape index (κ2) is 7.20. The molecule has 0 aliphatic carbocycles. The van der Waals surface area contributed by atoms with E-state index in [0.29, 0.717) is 11.4 Å². The molecular weight excluding hydrogens is 366 g/mol. The quantitative estimate of drug-likeness (QED) is 0.682. The van der Waals surface area contributed by atoms with Crippen LogP contribution in [0.25, 0.3) is 5.69 Å². The molecule has 1 unspecified atom stereocenters. The van der Waals surface area contributed by atoms with Gasteiger partial charge >= 0.3 is 0 Å². The van der Waals surface area contributed by atoms with Gasteiger partial charge < -0.3 is 10.1 Å². The van der Waals surface area contributed by atoms with Crippen LogP contribution in [0.3, 0.4) is 0 Å². The molecule has 2 aromatic carbocycles. The lowest BCUT2D eigenvalue weighted by molar-refractivity contribution is -0.116. The molecule has 1 amide bonds. The van der Waals surface area contributed by atoms with E-state index in [-0.39, 0.29) is 18.1 Å². The lowest BCUT2D eigenvalue weighted by Gasteiger charge is -2.24. The fraction of sp³-hybridized carbons (Fsp3) is 0.261. The average Bonchev–Trinajstić information content (AvgIpc) is 3.05. The fourth-order valence-electron chi connectivity index (χ4n) is 3.87. The minimum absolute atomic E-state index is 0.0420. The summed E-state index contributed by atoms with van der Waals surface area (Å²) in [5, 5.41) is 7.54. The Morgan fingerprint density at radius 1 is 1.14 bits per heavy atom. The summed E-state index contributed by atoms with van der Waals surface area (Å²) < 4.78 is 6.90. The maximum atomic E-state index is 13.4. The standard InChI is InChI=1S/C23H23N3O3/c1-13-5-6-14(2)18(11-13)22(28)19-12-20(27)24-23-21(19)15(3)25-26(23)16-7-9-17(29-4)10-8-16/h5-11,19H,12H2,1-4H3,(H,24,27). The van der Waals surface area contributed by atoms with Crippen molar-refractivity contribution in [2.24, 2.45) is 0 Å². The average molecular weight is 389 g/mol. The number of nitrogens with zero attached hydrogens (tertiary/aromatic N) is 2. The normalized spacial score (nSPS) is 15.6. The molecule has 2 heterocycles. The lowest BCUT2D eigenvalue weighted by Crippen LogP contribution is -2.28. The second-order valence-electron chi connectivity index (χ2n) is 7.45. The predicted molar refractivity (Wildman–Crippen MR) is 111 cm³/mol. The first-order valence-corrected chi connectivity index (χ1v) is 9.54. The highest BCUT2D eigenvalue weighted by atomic mass is 16.5. The van der Waals surface area contributed by atoms with E-state index in [0.717, 1.165) is 33.8 Å². The predicted octanol–water partition coefficient (Wildman–Crippen LogP) is 4.11. The number of carbonyl (C=O) groups is 2. The number of ketones is 1. The number of rotatable bonds is 4. The number of aryl methyl sites for hydroxylation is 3. The third-order valence-corrected chi connectivity index (χ3v) is 5.39. The lowest BCUT2D eigenvalue weighted by atomic mass is 9.84. The molecular formula is C23H23N3O3. The van der Waals surface area contributed by atoms with E-state index >= 15 is 0 Å². The topological polar surface area (TPSA) is 73.2 Å². The highest BCUT2D eigenvalue weighted by molar-refractivity contribution is 6.08. The van der Waals surface area contributed by atoms with Crippen LogP contribution in [0, 0.1) is 20.8 Å². The van der Waals surface area contributed by atoms with E-state index in [2.05, 4.69) is 10.4 Å². The van der Waals surface area contributed by atoms with Crippen molar-refractivity contribution in [1.29, 1.82) is 0 Å². The number of aromatic nitrogens is 2. The first-order chi connectivity index (χ1) is 13.9. The van der Waals surface area contributed by atoms with Crippen LogP contribution in [0.1, 0.15) is 45.1 Å². The Morgan fingerprint density at radius 3 is 2.55 bits per heavy atom. The Hall–Kier alpha value is -3.41. The maximum Gasteiger partial charge on any atom is 0.226 e. The van der Waals surface area contributed by atoms with Gasteiger partial charge in [0.15, 0.2) is 5.78 Å². The van der Waals surface area contributed by atoms with Crippen LogP contribution in [0.5, 0.6) is 5.75 Å². The molecule has 0 spiro atoms. The zero-order chi connectivity index (χ0) is 20.7. The largest absolute Gasteiger partial charge is 0.497 e. The smallest absolute Gasteiger partial charge is 0.226 e. The number of ether oxygens (including phenoxy) is 1. The van der Waals surface area contributed by atoms with Crippen molar-refractivity contribution in [1.82, 2.24) is 9.78 Å². The molecule has 1 aliphatic heterocycles. The SMILES string of the molecule is COc1ccc(-n2nc(C)c3c2NC(=O)CC3C(=O)c2cc(C)ccc2C)cc1. The summed E-state index contributed by atoms with van der Waals surface area (Å²) in [5.41, 5.74) is 4.90. The summed E-state index contributed by atoms with van der Waals surface area (Å²) in [4.78, 5) is 25.9. The molecule has 4 rings (SSSR count). The molecule has 1 N–H and O–H groups in total. The fourth-order valence-corrected chi connectivity index (χ4v) is 3.87. The summed E-state index contributed by atoms with van der Waals surface area (Å²) in [6.07, 6.45) is 0.119. The van der Waals surface area contributed by atoms with E-state index in [4.69, 9.17) is 4.74 Å². The van der Waals surface area contributed by atoms with Gasteiger partial charge in [0.25, 0.3) is 0 Å². The first-order valence-electron chi connectivity index (χ1n) is 9.54. The van der Waals surface area contributed by atoms with Crippen LogP contribution in [0.4, 0.5) is 5.82 Å². The molecule has 1 aliphatic rings. The molecule has 6 nitrogen and oxygen atoms in total. The number of hydrogen-bond donors (Lipinski definition) is 1. The second-order valence-corrected chi connectivity index (χ2v) is 7.45. The van der Waals surface area contributed by atoms with Gasteiger partial charge in [-0.3, -0.25) is 9.59 Å². The van der Waals surface area contributed by atoms with Crippen LogP contribution in [-0.4, -0.2) is 28.6 Å². The molecule has 6 heteroatoms. The van der Waals surface area contributed by atoms with Crippen molar-refractivity contribution in [3.8, 4) is 11.4 Å². The van der Waals surface area contributed by atoms with Crippen molar-refractivity contribution in [2.75, 3.05) is 12.4 Å². The number of nitrogens with one attached hydrogen (secondary N) is 1. The first kappa shape index (κ1) is 18.9. The maximum absolute atomic E-state index is 13.4. The van der Waals surface area contributed by atoms with Crippen LogP contribution in [0.15, 0.2) is 42.5 Å². The number of anilines is 1. The van der Waals surface area contributed by atoms with E-state index in [1.54, 1.807) is 11.8 Å². The van der Waals surface area contributed by atoms with Crippen LogP contribution >= 0.6 is 0 Å². The summed E-state index contributed by atoms with van der Waals surface area (Å²) in [6, 6.07) is 13.2. The monoisotopic (exact) mass is 389 g/mol. The van der Waals surface area contributed by atoms with Gasteiger partial charge in [0, 0.05) is 17.5 Å². The number of amides is 1. The van der Waals surface area contributed by atoms with Crippen molar-refractivity contribution in [3.05, 3.63) is 70.4 Å². The van der Waals surface area contributed by atoms with Crippen molar-refractivity contribution in [3.63, 3.8) is 0 Å². The summed E-state index contributed by atoms with van der Waals surface area (Å²) in [5.74, 6) is 0.521. The highest BCUT2D eigenvalue weighted by Gasteiger charge is 2.36. The van der Waals surface area contributed by atoms with Crippen molar-refractivity contribution < 1.29 is 14.3 Å². The van der Waals surface area contributed by atoms with Gasteiger partial charge in [0.1, 0.15) is 11.6 Å². The Morgan fingerprint density at radius 2 is 1.86 bits per heavy atom. The molecule has 0 fully saturated rings. The van der Waals surface area contributed by atoms with Gasteiger partial charge in [-0.2, -0.15) is 5.10 Å².